The lowest BCUT2D eigenvalue weighted by Gasteiger charge is -2.27. The predicted octanol–water partition coefficient (Wildman–Crippen LogP) is 3.89. The van der Waals surface area contributed by atoms with E-state index in [1.165, 1.54) is 0 Å². The number of carbonyl (C=O) groups is 1. The maximum absolute atomic E-state index is 13.4. The van der Waals surface area contributed by atoms with Gasteiger partial charge in [-0.25, -0.2) is 4.98 Å². The number of nitrogens with zero attached hydrogens (tertiary/aromatic N) is 4. The van der Waals surface area contributed by atoms with E-state index in [2.05, 4.69) is 16.9 Å². The Labute approximate surface area is 160 Å². The summed E-state index contributed by atoms with van der Waals surface area (Å²) in [5, 5.41) is 0. The SMILES string of the molecule is CCC(C(=O)N(CCCn1ccnc1)Cc1ccncc1)c1ccccc1. The highest BCUT2D eigenvalue weighted by Gasteiger charge is 2.24. The Kier molecular flexibility index (Phi) is 6.74. The molecule has 0 saturated heterocycles. The van der Waals surface area contributed by atoms with Crippen molar-refractivity contribution in [2.24, 2.45) is 0 Å². The second-order valence-corrected chi connectivity index (χ2v) is 6.64. The van der Waals surface area contributed by atoms with Crippen LogP contribution in [0.5, 0.6) is 0 Å². The third kappa shape index (κ3) is 5.26. The van der Waals surface area contributed by atoms with Crippen molar-refractivity contribution in [2.45, 2.75) is 38.8 Å². The number of amides is 1. The molecule has 140 valence electrons. The number of aryl methyl sites for hydroxylation is 1. The fourth-order valence-corrected chi connectivity index (χ4v) is 3.30. The van der Waals surface area contributed by atoms with Gasteiger partial charge in [0, 0.05) is 44.4 Å². The van der Waals surface area contributed by atoms with Gasteiger partial charge in [-0.1, -0.05) is 37.3 Å². The van der Waals surface area contributed by atoms with E-state index in [0.29, 0.717) is 13.1 Å². The number of aromatic nitrogens is 3. The molecule has 0 fully saturated rings. The molecule has 1 atom stereocenters. The summed E-state index contributed by atoms with van der Waals surface area (Å²) in [6, 6.07) is 14.0. The maximum Gasteiger partial charge on any atom is 0.230 e. The monoisotopic (exact) mass is 362 g/mol. The second-order valence-electron chi connectivity index (χ2n) is 6.64. The van der Waals surface area contributed by atoms with Crippen molar-refractivity contribution in [1.82, 2.24) is 19.4 Å². The summed E-state index contributed by atoms with van der Waals surface area (Å²) in [5.74, 6) is 0.0763. The normalized spacial score (nSPS) is 11.9. The Bertz CT molecular complexity index is 803. The number of imidazole rings is 1. The van der Waals surface area contributed by atoms with Crippen LogP contribution in [0.15, 0.2) is 73.6 Å². The molecule has 5 nitrogen and oxygen atoms in total. The molecule has 1 unspecified atom stereocenters. The molecular weight excluding hydrogens is 336 g/mol. The van der Waals surface area contributed by atoms with Gasteiger partial charge in [-0.15, -0.1) is 0 Å². The van der Waals surface area contributed by atoms with Gasteiger partial charge in [-0.2, -0.15) is 0 Å². The molecule has 0 spiro atoms. The first-order valence-electron chi connectivity index (χ1n) is 9.46. The van der Waals surface area contributed by atoms with E-state index in [9.17, 15) is 4.79 Å². The van der Waals surface area contributed by atoms with Crippen LogP contribution in [0.25, 0.3) is 0 Å². The molecule has 5 heteroatoms. The van der Waals surface area contributed by atoms with Gasteiger partial charge in [0.15, 0.2) is 0 Å². The van der Waals surface area contributed by atoms with Crippen LogP contribution in [0.1, 0.15) is 36.8 Å². The van der Waals surface area contributed by atoms with Gasteiger partial charge in [0.05, 0.1) is 12.2 Å². The highest BCUT2D eigenvalue weighted by Crippen LogP contribution is 2.23. The average Bonchev–Trinajstić information content (AvgIpc) is 3.23. The van der Waals surface area contributed by atoms with Crippen LogP contribution in [0, 0.1) is 0 Å². The van der Waals surface area contributed by atoms with Crippen molar-refractivity contribution in [2.75, 3.05) is 6.54 Å². The summed E-state index contributed by atoms with van der Waals surface area (Å²) in [5.41, 5.74) is 2.18. The zero-order valence-electron chi connectivity index (χ0n) is 15.7. The van der Waals surface area contributed by atoms with Gasteiger partial charge in [0.25, 0.3) is 0 Å². The highest BCUT2D eigenvalue weighted by atomic mass is 16.2. The van der Waals surface area contributed by atoms with Crippen LogP contribution in [0.4, 0.5) is 0 Å². The van der Waals surface area contributed by atoms with Crippen LogP contribution < -0.4 is 0 Å². The lowest BCUT2D eigenvalue weighted by atomic mass is 9.94. The van der Waals surface area contributed by atoms with Crippen molar-refractivity contribution in [3.8, 4) is 0 Å². The number of rotatable bonds is 9. The molecule has 2 heterocycles. The van der Waals surface area contributed by atoms with E-state index in [1.807, 2.05) is 64.5 Å². The lowest BCUT2D eigenvalue weighted by Crippen LogP contribution is -2.35. The van der Waals surface area contributed by atoms with Gasteiger partial charge in [-0.3, -0.25) is 9.78 Å². The largest absolute Gasteiger partial charge is 0.338 e. The molecule has 0 aliphatic rings. The summed E-state index contributed by atoms with van der Waals surface area (Å²) in [6.07, 6.45) is 10.8. The van der Waals surface area contributed by atoms with Gasteiger partial charge in [-0.05, 0) is 36.1 Å². The molecule has 3 aromatic rings. The fraction of sp³-hybridized carbons (Fsp3) is 0.318. The van der Waals surface area contributed by atoms with Crippen LogP contribution in [0.2, 0.25) is 0 Å². The van der Waals surface area contributed by atoms with Crippen molar-refractivity contribution < 1.29 is 4.79 Å². The molecule has 1 aromatic carbocycles. The first-order valence-corrected chi connectivity index (χ1v) is 9.46. The summed E-state index contributed by atoms with van der Waals surface area (Å²) in [6.45, 7) is 4.24. The minimum absolute atomic E-state index is 0.110. The number of hydrogen-bond donors (Lipinski definition) is 0. The quantitative estimate of drug-likeness (QED) is 0.580. The highest BCUT2D eigenvalue weighted by molar-refractivity contribution is 5.83. The fourth-order valence-electron chi connectivity index (χ4n) is 3.30. The molecular formula is C22H26N4O. The molecule has 0 radical (unpaired) electrons. The van der Waals surface area contributed by atoms with E-state index in [-0.39, 0.29) is 11.8 Å². The van der Waals surface area contributed by atoms with Gasteiger partial charge >= 0.3 is 0 Å². The predicted molar refractivity (Wildman–Crippen MR) is 106 cm³/mol. The van der Waals surface area contributed by atoms with E-state index >= 15 is 0 Å². The summed E-state index contributed by atoms with van der Waals surface area (Å²) < 4.78 is 2.05. The lowest BCUT2D eigenvalue weighted by molar-refractivity contribution is -0.133. The Morgan fingerprint density at radius 2 is 1.85 bits per heavy atom. The van der Waals surface area contributed by atoms with Gasteiger partial charge < -0.3 is 9.47 Å². The third-order valence-electron chi connectivity index (χ3n) is 4.75. The van der Waals surface area contributed by atoms with Crippen LogP contribution in [-0.2, 0) is 17.9 Å². The van der Waals surface area contributed by atoms with Crippen molar-refractivity contribution in [3.05, 3.63) is 84.7 Å². The van der Waals surface area contributed by atoms with Gasteiger partial charge in [0.1, 0.15) is 0 Å². The van der Waals surface area contributed by atoms with E-state index in [4.69, 9.17) is 0 Å². The standard InChI is InChI=1S/C22H26N4O/c1-2-21(20-7-4-3-5-8-20)22(27)26(17-19-9-11-23-12-10-19)15-6-14-25-16-13-24-18-25/h3-5,7-13,16,18,21H,2,6,14-15,17H2,1H3. The Balaban J connectivity index is 1.73. The topological polar surface area (TPSA) is 51.0 Å². The van der Waals surface area contributed by atoms with Crippen molar-refractivity contribution >= 4 is 5.91 Å². The molecule has 3 rings (SSSR count). The number of pyridine rings is 1. The van der Waals surface area contributed by atoms with Gasteiger partial charge in [0.2, 0.25) is 5.91 Å². The molecule has 0 aliphatic heterocycles. The first-order chi connectivity index (χ1) is 13.3. The summed E-state index contributed by atoms with van der Waals surface area (Å²) >= 11 is 0. The molecule has 0 N–H and O–H groups in total. The second kappa shape index (κ2) is 9.67. The Morgan fingerprint density at radius 3 is 2.52 bits per heavy atom. The molecule has 0 saturated carbocycles. The Morgan fingerprint density at radius 1 is 1.07 bits per heavy atom. The first kappa shape index (κ1) is 18.8. The minimum Gasteiger partial charge on any atom is -0.338 e. The van der Waals surface area contributed by atoms with E-state index in [0.717, 1.165) is 30.5 Å². The van der Waals surface area contributed by atoms with E-state index < -0.39 is 0 Å². The van der Waals surface area contributed by atoms with Crippen LogP contribution >= 0.6 is 0 Å². The molecule has 27 heavy (non-hydrogen) atoms. The van der Waals surface area contributed by atoms with E-state index in [1.54, 1.807) is 18.6 Å². The van der Waals surface area contributed by atoms with Crippen LogP contribution in [0.3, 0.4) is 0 Å². The minimum atomic E-state index is -0.110. The average molecular weight is 362 g/mol. The third-order valence-corrected chi connectivity index (χ3v) is 4.75. The zero-order chi connectivity index (χ0) is 18.9. The summed E-state index contributed by atoms with van der Waals surface area (Å²) in [4.78, 5) is 23.5. The zero-order valence-corrected chi connectivity index (χ0v) is 15.7. The van der Waals surface area contributed by atoms with Crippen molar-refractivity contribution in [1.29, 1.82) is 0 Å². The number of carbonyl (C=O) groups excluding carboxylic acids is 1. The number of benzene rings is 1. The molecule has 0 aliphatic carbocycles. The smallest absolute Gasteiger partial charge is 0.230 e. The number of hydrogen-bond acceptors (Lipinski definition) is 3. The molecule has 0 bridgehead atoms. The Hall–Kier alpha value is -2.95. The van der Waals surface area contributed by atoms with Crippen LogP contribution in [-0.4, -0.2) is 31.9 Å². The molecule has 2 aromatic heterocycles. The summed E-state index contributed by atoms with van der Waals surface area (Å²) in [7, 11) is 0. The maximum atomic E-state index is 13.4. The molecule has 1 amide bonds. The van der Waals surface area contributed by atoms with Crippen molar-refractivity contribution in [3.63, 3.8) is 0 Å².